The van der Waals surface area contributed by atoms with Crippen molar-refractivity contribution in [3.05, 3.63) is 11.4 Å². The highest BCUT2D eigenvalue weighted by Crippen LogP contribution is 2.26. The molecule has 2 aromatic rings. The Morgan fingerprint density at radius 2 is 2.28 bits per heavy atom. The van der Waals surface area contributed by atoms with E-state index in [0.29, 0.717) is 0 Å². The zero-order valence-corrected chi connectivity index (χ0v) is 16.2. The molecular formula is C15H22N6O2S2. The lowest BCUT2D eigenvalue weighted by molar-refractivity contribution is -0.113. The number of anilines is 2. The first-order valence-electron chi connectivity index (χ1n) is 8.14. The van der Waals surface area contributed by atoms with Crippen LogP contribution >= 0.6 is 23.1 Å². The van der Waals surface area contributed by atoms with Gasteiger partial charge in [-0.3, -0.25) is 9.48 Å². The molecule has 0 aromatic carbocycles. The summed E-state index contributed by atoms with van der Waals surface area (Å²) in [5.41, 5.74) is 2.53. The van der Waals surface area contributed by atoms with Gasteiger partial charge in [-0.15, -0.1) is 10.2 Å². The summed E-state index contributed by atoms with van der Waals surface area (Å²) in [7, 11) is 1.86. The lowest BCUT2D eigenvalue weighted by Crippen LogP contribution is -2.18. The zero-order chi connectivity index (χ0) is 17.8. The second kappa shape index (κ2) is 8.15. The minimum atomic E-state index is -0.0757. The van der Waals surface area contributed by atoms with Gasteiger partial charge in [0.05, 0.1) is 28.9 Å². The number of thioether (sulfide) groups is 1. The van der Waals surface area contributed by atoms with E-state index in [1.165, 1.54) is 23.1 Å². The Balaban J connectivity index is 1.45. The second-order valence-corrected chi connectivity index (χ2v) is 8.10. The van der Waals surface area contributed by atoms with Gasteiger partial charge in [0, 0.05) is 20.2 Å². The van der Waals surface area contributed by atoms with Crippen molar-refractivity contribution in [3.63, 3.8) is 0 Å². The Morgan fingerprint density at radius 3 is 2.96 bits per heavy atom. The fourth-order valence-electron chi connectivity index (χ4n) is 2.60. The summed E-state index contributed by atoms with van der Waals surface area (Å²) in [6, 6.07) is 0. The first-order chi connectivity index (χ1) is 12.0. The molecule has 1 aliphatic rings. The van der Waals surface area contributed by atoms with Crippen LogP contribution in [0, 0.1) is 13.8 Å². The molecule has 136 valence electrons. The highest BCUT2D eigenvalue weighted by Gasteiger charge is 2.16. The van der Waals surface area contributed by atoms with E-state index in [-0.39, 0.29) is 17.8 Å². The van der Waals surface area contributed by atoms with Gasteiger partial charge >= 0.3 is 0 Å². The largest absolute Gasteiger partial charge is 0.376 e. The van der Waals surface area contributed by atoms with Gasteiger partial charge < -0.3 is 15.4 Å². The number of ether oxygens (including phenoxy) is 1. The molecule has 1 amide bonds. The van der Waals surface area contributed by atoms with Crippen LogP contribution in [0.5, 0.6) is 0 Å². The zero-order valence-electron chi connectivity index (χ0n) is 14.5. The maximum Gasteiger partial charge on any atom is 0.234 e. The van der Waals surface area contributed by atoms with Crippen molar-refractivity contribution in [1.29, 1.82) is 0 Å². The fourth-order valence-corrected chi connectivity index (χ4v) is 4.16. The number of carbonyl (C=O) groups excluding carboxylic acids is 1. The summed E-state index contributed by atoms with van der Waals surface area (Å²) in [5, 5.41) is 19.4. The number of nitrogens with zero attached hydrogens (tertiary/aromatic N) is 4. The molecule has 1 fully saturated rings. The van der Waals surface area contributed by atoms with Crippen molar-refractivity contribution in [2.24, 2.45) is 7.05 Å². The molecule has 0 unspecified atom stereocenters. The third-order valence-electron chi connectivity index (χ3n) is 4.01. The maximum atomic E-state index is 12.2. The molecule has 8 nitrogen and oxygen atoms in total. The van der Waals surface area contributed by atoms with Crippen molar-refractivity contribution < 1.29 is 9.53 Å². The summed E-state index contributed by atoms with van der Waals surface area (Å²) < 4.78 is 8.09. The number of amides is 1. The molecule has 0 radical (unpaired) electrons. The van der Waals surface area contributed by atoms with E-state index >= 15 is 0 Å². The van der Waals surface area contributed by atoms with Crippen LogP contribution in [0.4, 0.5) is 10.8 Å². The molecule has 0 aliphatic carbocycles. The molecule has 2 N–H and O–H groups in total. The molecule has 2 aromatic heterocycles. The van der Waals surface area contributed by atoms with Crippen molar-refractivity contribution in [1.82, 2.24) is 20.0 Å². The molecule has 25 heavy (non-hydrogen) atoms. The Morgan fingerprint density at radius 1 is 1.44 bits per heavy atom. The SMILES string of the molecule is Cc1nn(C)c(C)c1NC(=O)CSc1nnc(NC[C@H]2CCCO2)s1. The first kappa shape index (κ1) is 18.2. The molecule has 0 saturated carbocycles. The first-order valence-corrected chi connectivity index (χ1v) is 9.95. The van der Waals surface area contributed by atoms with Crippen LogP contribution in [0.2, 0.25) is 0 Å². The van der Waals surface area contributed by atoms with E-state index < -0.39 is 0 Å². The summed E-state index contributed by atoms with van der Waals surface area (Å²) in [4.78, 5) is 12.2. The number of hydrogen-bond acceptors (Lipinski definition) is 8. The van der Waals surface area contributed by atoms with Gasteiger partial charge in [0.2, 0.25) is 11.0 Å². The number of hydrogen-bond donors (Lipinski definition) is 2. The highest BCUT2D eigenvalue weighted by molar-refractivity contribution is 8.01. The van der Waals surface area contributed by atoms with Gasteiger partial charge in [0.25, 0.3) is 0 Å². The number of aryl methyl sites for hydroxylation is 2. The van der Waals surface area contributed by atoms with E-state index in [4.69, 9.17) is 4.74 Å². The van der Waals surface area contributed by atoms with E-state index in [2.05, 4.69) is 25.9 Å². The molecule has 1 aliphatic heterocycles. The topological polar surface area (TPSA) is 94.0 Å². The standard InChI is InChI=1S/C15H22N6O2S2/c1-9-13(10(2)21(3)20-9)17-12(22)8-24-15-19-18-14(25-15)16-7-11-5-4-6-23-11/h11H,4-8H2,1-3H3,(H,16,18)(H,17,22)/t11-/m1/s1. The fraction of sp³-hybridized carbons (Fsp3) is 0.600. The molecule has 0 bridgehead atoms. The summed E-state index contributed by atoms with van der Waals surface area (Å²) >= 11 is 2.83. The average molecular weight is 383 g/mol. The Bertz CT molecular complexity index is 738. The van der Waals surface area contributed by atoms with E-state index in [9.17, 15) is 4.79 Å². The number of aromatic nitrogens is 4. The Labute approximate surface area is 154 Å². The predicted octanol–water partition coefficient (Wildman–Crippen LogP) is 2.21. The number of nitrogens with one attached hydrogen (secondary N) is 2. The third-order valence-corrected chi connectivity index (χ3v) is 6.03. The van der Waals surface area contributed by atoms with Crippen LogP contribution in [0.25, 0.3) is 0 Å². The van der Waals surface area contributed by atoms with Gasteiger partial charge in [0.15, 0.2) is 4.34 Å². The Hall–Kier alpha value is -1.65. The van der Waals surface area contributed by atoms with Gasteiger partial charge in [-0.25, -0.2) is 0 Å². The van der Waals surface area contributed by atoms with Crippen LogP contribution in [-0.4, -0.2) is 50.9 Å². The van der Waals surface area contributed by atoms with Crippen molar-refractivity contribution in [2.75, 3.05) is 29.5 Å². The van der Waals surface area contributed by atoms with E-state index in [0.717, 1.165) is 52.5 Å². The van der Waals surface area contributed by atoms with Crippen LogP contribution in [0.1, 0.15) is 24.2 Å². The van der Waals surface area contributed by atoms with Crippen LogP contribution in [0.15, 0.2) is 4.34 Å². The predicted molar refractivity (Wildman–Crippen MR) is 99.4 cm³/mol. The molecule has 10 heteroatoms. The summed E-state index contributed by atoms with van der Waals surface area (Å²) in [5.74, 6) is 0.210. The maximum absolute atomic E-state index is 12.2. The lowest BCUT2D eigenvalue weighted by Gasteiger charge is -2.08. The molecule has 1 saturated heterocycles. The number of carbonyl (C=O) groups is 1. The normalized spacial score (nSPS) is 17.0. The quantitative estimate of drug-likeness (QED) is 0.709. The van der Waals surface area contributed by atoms with Crippen LogP contribution in [0.3, 0.4) is 0 Å². The van der Waals surface area contributed by atoms with Gasteiger partial charge in [-0.2, -0.15) is 5.10 Å². The smallest absolute Gasteiger partial charge is 0.234 e. The molecule has 3 heterocycles. The number of rotatable bonds is 7. The van der Waals surface area contributed by atoms with Crippen LogP contribution in [-0.2, 0) is 16.6 Å². The third kappa shape index (κ3) is 4.71. The lowest BCUT2D eigenvalue weighted by atomic mass is 10.2. The monoisotopic (exact) mass is 382 g/mol. The van der Waals surface area contributed by atoms with E-state index in [1.807, 2.05) is 20.9 Å². The molecular weight excluding hydrogens is 360 g/mol. The summed E-state index contributed by atoms with van der Waals surface area (Å²) in [6.07, 6.45) is 2.46. The highest BCUT2D eigenvalue weighted by atomic mass is 32.2. The summed E-state index contributed by atoms with van der Waals surface area (Å²) in [6.45, 7) is 5.40. The molecule has 3 rings (SSSR count). The molecule has 1 atom stereocenters. The minimum Gasteiger partial charge on any atom is -0.376 e. The Kier molecular flexibility index (Phi) is 5.92. The van der Waals surface area contributed by atoms with Crippen LogP contribution < -0.4 is 10.6 Å². The van der Waals surface area contributed by atoms with E-state index in [1.54, 1.807) is 4.68 Å². The van der Waals surface area contributed by atoms with Gasteiger partial charge in [-0.05, 0) is 26.7 Å². The van der Waals surface area contributed by atoms with Gasteiger partial charge in [0.1, 0.15) is 0 Å². The minimum absolute atomic E-state index is 0.0757. The molecule has 0 spiro atoms. The van der Waals surface area contributed by atoms with Crippen molar-refractivity contribution in [3.8, 4) is 0 Å². The second-order valence-electron chi connectivity index (χ2n) is 5.90. The van der Waals surface area contributed by atoms with Gasteiger partial charge in [-0.1, -0.05) is 23.1 Å². The average Bonchev–Trinajstić information content (AvgIpc) is 3.30. The van der Waals surface area contributed by atoms with Crippen molar-refractivity contribution in [2.45, 2.75) is 37.1 Å². The van der Waals surface area contributed by atoms with Crippen molar-refractivity contribution >= 4 is 39.8 Å².